The van der Waals surface area contributed by atoms with E-state index in [0.29, 0.717) is 19.3 Å². The van der Waals surface area contributed by atoms with Gasteiger partial charge in [0.05, 0.1) is 0 Å². The second-order valence-corrected chi connectivity index (χ2v) is 4.38. The summed E-state index contributed by atoms with van der Waals surface area (Å²) in [6, 6.07) is 10.2. The first-order valence-electron chi connectivity index (χ1n) is 6.63. The number of hydrogen-bond donors (Lipinski definition) is 2. The normalized spacial score (nSPS) is 21.5. The van der Waals surface area contributed by atoms with Gasteiger partial charge in [0.1, 0.15) is 18.5 Å². The van der Waals surface area contributed by atoms with Crippen LogP contribution in [0, 0.1) is 0 Å². The second-order valence-electron chi connectivity index (χ2n) is 4.38. The largest absolute Gasteiger partial charge is 0.491 e. The van der Waals surface area contributed by atoms with Crippen molar-refractivity contribution in [3.8, 4) is 5.75 Å². The van der Waals surface area contributed by atoms with E-state index in [-0.39, 0.29) is 6.10 Å². The van der Waals surface area contributed by atoms with Crippen LogP contribution < -0.4 is 15.4 Å². The fraction of sp³-hybridized carbons (Fsp3) is 0.571. The summed E-state index contributed by atoms with van der Waals surface area (Å²) in [4.78, 5) is 0. The summed E-state index contributed by atoms with van der Waals surface area (Å²) in [6.45, 7) is 6.25. The monoisotopic (exact) mass is 250 g/mol. The summed E-state index contributed by atoms with van der Waals surface area (Å²) in [5, 5.41) is 6.85. The molecule has 4 nitrogen and oxygen atoms in total. The Kier molecular flexibility index (Phi) is 5.45. The van der Waals surface area contributed by atoms with Gasteiger partial charge < -0.3 is 20.1 Å². The van der Waals surface area contributed by atoms with Crippen molar-refractivity contribution in [2.24, 2.45) is 0 Å². The highest BCUT2D eigenvalue weighted by Gasteiger charge is 2.24. The zero-order chi connectivity index (χ0) is 12.6. The highest BCUT2D eigenvalue weighted by atomic mass is 16.5. The van der Waals surface area contributed by atoms with Gasteiger partial charge in [0.15, 0.2) is 0 Å². The van der Waals surface area contributed by atoms with Crippen LogP contribution in [0.4, 0.5) is 0 Å². The molecule has 2 N–H and O–H groups in total. The fourth-order valence-corrected chi connectivity index (χ4v) is 2.13. The molecule has 1 fully saturated rings. The molecular weight excluding hydrogens is 228 g/mol. The van der Waals surface area contributed by atoms with Crippen molar-refractivity contribution in [1.82, 2.24) is 10.6 Å². The Bertz CT molecular complexity index is 326. The predicted octanol–water partition coefficient (Wildman–Crippen LogP) is 1.03. The van der Waals surface area contributed by atoms with Gasteiger partial charge in [-0.3, -0.25) is 0 Å². The van der Waals surface area contributed by atoms with Gasteiger partial charge in [0, 0.05) is 32.3 Å². The van der Waals surface area contributed by atoms with Crippen LogP contribution in [0.5, 0.6) is 5.75 Å². The molecule has 2 unspecified atom stereocenters. The van der Waals surface area contributed by atoms with Crippen LogP contribution >= 0.6 is 0 Å². The standard InChI is InChI=1S/C14H22N2O2/c1-2-17-14(13-10-15-8-9-16-13)11-18-12-6-4-3-5-7-12/h3-7,13-16H,2,8-11H2,1H3. The molecule has 1 aromatic rings. The summed E-state index contributed by atoms with van der Waals surface area (Å²) < 4.78 is 11.6. The highest BCUT2D eigenvalue weighted by Crippen LogP contribution is 2.11. The Morgan fingerprint density at radius 2 is 2.11 bits per heavy atom. The van der Waals surface area contributed by atoms with Crippen molar-refractivity contribution in [1.29, 1.82) is 0 Å². The molecule has 1 heterocycles. The third-order valence-electron chi connectivity index (χ3n) is 3.06. The minimum absolute atomic E-state index is 0.0861. The van der Waals surface area contributed by atoms with E-state index in [1.807, 2.05) is 37.3 Å². The average molecular weight is 250 g/mol. The Hall–Kier alpha value is -1.10. The van der Waals surface area contributed by atoms with E-state index in [4.69, 9.17) is 9.47 Å². The Labute approximate surface area is 109 Å². The van der Waals surface area contributed by atoms with E-state index in [1.165, 1.54) is 0 Å². The number of rotatable bonds is 6. The lowest BCUT2D eigenvalue weighted by molar-refractivity contribution is 0.000290. The van der Waals surface area contributed by atoms with Gasteiger partial charge in [0.25, 0.3) is 0 Å². The van der Waals surface area contributed by atoms with Crippen LogP contribution in [0.25, 0.3) is 0 Å². The number of benzene rings is 1. The topological polar surface area (TPSA) is 42.5 Å². The molecule has 2 rings (SSSR count). The first kappa shape index (κ1) is 13.3. The van der Waals surface area contributed by atoms with E-state index in [0.717, 1.165) is 25.4 Å². The van der Waals surface area contributed by atoms with Gasteiger partial charge in [0.2, 0.25) is 0 Å². The maximum atomic E-state index is 5.78. The van der Waals surface area contributed by atoms with Gasteiger partial charge in [-0.05, 0) is 19.1 Å². The minimum Gasteiger partial charge on any atom is -0.491 e. The first-order valence-corrected chi connectivity index (χ1v) is 6.63. The minimum atomic E-state index is 0.0861. The van der Waals surface area contributed by atoms with Crippen molar-refractivity contribution in [3.05, 3.63) is 30.3 Å². The molecule has 0 saturated carbocycles. The van der Waals surface area contributed by atoms with E-state index in [2.05, 4.69) is 10.6 Å². The number of para-hydroxylation sites is 1. The van der Waals surface area contributed by atoms with Crippen molar-refractivity contribution < 1.29 is 9.47 Å². The Morgan fingerprint density at radius 1 is 1.28 bits per heavy atom. The van der Waals surface area contributed by atoms with Crippen LogP contribution in [-0.2, 0) is 4.74 Å². The number of ether oxygens (including phenoxy) is 2. The van der Waals surface area contributed by atoms with Gasteiger partial charge in [-0.2, -0.15) is 0 Å². The molecule has 100 valence electrons. The van der Waals surface area contributed by atoms with Crippen LogP contribution in [0.15, 0.2) is 30.3 Å². The second kappa shape index (κ2) is 7.36. The molecule has 1 saturated heterocycles. The summed E-state index contributed by atoms with van der Waals surface area (Å²) in [5.74, 6) is 0.894. The van der Waals surface area contributed by atoms with Gasteiger partial charge in [-0.1, -0.05) is 18.2 Å². The average Bonchev–Trinajstić information content (AvgIpc) is 2.45. The summed E-state index contributed by atoms with van der Waals surface area (Å²) in [6.07, 6.45) is 0.0861. The van der Waals surface area contributed by atoms with Crippen molar-refractivity contribution in [2.45, 2.75) is 19.1 Å². The first-order chi connectivity index (χ1) is 8.90. The molecule has 0 aliphatic carbocycles. The predicted molar refractivity (Wildman–Crippen MR) is 72.0 cm³/mol. The molecular formula is C14H22N2O2. The lowest BCUT2D eigenvalue weighted by Gasteiger charge is -2.31. The van der Waals surface area contributed by atoms with Crippen LogP contribution in [0.1, 0.15) is 6.92 Å². The molecule has 2 atom stereocenters. The SMILES string of the molecule is CCOC(COc1ccccc1)C1CNCCN1. The van der Waals surface area contributed by atoms with Gasteiger partial charge in [-0.15, -0.1) is 0 Å². The molecule has 0 aromatic heterocycles. The van der Waals surface area contributed by atoms with E-state index < -0.39 is 0 Å². The number of hydrogen-bond acceptors (Lipinski definition) is 4. The molecule has 1 aromatic carbocycles. The molecule has 0 radical (unpaired) electrons. The quantitative estimate of drug-likeness (QED) is 0.791. The molecule has 0 amide bonds. The summed E-state index contributed by atoms with van der Waals surface area (Å²) in [7, 11) is 0. The number of nitrogens with one attached hydrogen (secondary N) is 2. The van der Waals surface area contributed by atoms with Gasteiger partial charge in [-0.25, -0.2) is 0 Å². The number of piperazine rings is 1. The molecule has 18 heavy (non-hydrogen) atoms. The zero-order valence-corrected chi connectivity index (χ0v) is 10.9. The molecule has 4 heteroatoms. The fourth-order valence-electron chi connectivity index (χ4n) is 2.13. The third kappa shape index (κ3) is 3.98. The Balaban J connectivity index is 1.85. The summed E-state index contributed by atoms with van der Waals surface area (Å²) in [5.41, 5.74) is 0. The maximum absolute atomic E-state index is 5.78. The zero-order valence-electron chi connectivity index (χ0n) is 10.9. The lowest BCUT2D eigenvalue weighted by Crippen LogP contribution is -2.56. The third-order valence-corrected chi connectivity index (χ3v) is 3.06. The lowest BCUT2D eigenvalue weighted by atomic mass is 10.1. The van der Waals surface area contributed by atoms with Crippen molar-refractivity contribution in [2.75, 3.05) is 32.8 Å². The van der Waals surface area contributed by atoms with E-state index in [9.17, 15) is 0 Å². The van der Waals surface area contributed by atoms with E-state index >= 15 is 0 Å². The van der Waals surface area contributed by atoms with Crippen LogP contribution in [0.3, 0.4) is 0 Å². The Morgan fingerprint density at radius 3 is 2.78 bits per heavy atom. The van der Waals surface area contributed by atoms with E-state index in [1.54, 1.807) is 0 Å². The molecule has 0 spiro atoms. The van der Waals surface area contributed by atoms with Crippen LogP contribution in [0.2, 0.25) is 0 Å². The van der Waals surface area contributed by atoms with Gasteiger partial charge >= 0.3 is 0 Å². The smallest absolute Gasteiger partial charge is 0.119 e. The molecule has 1 aliphatic rings. The highest BCUT2D eigenvalue weighted by molar-refractivity contribution is 5.20. The van der Waals surface area contributed by atoms with Crippen molar-refractivity contribution >= 4 is 0 Å². The molecule has 1 aliphatic heterocycles. The molecule has 0 bridgehead atoms. The van der Waals surface area contributed by atoms with Crippen LogP contribution in [-0.4, -0.2) is 45.0 Å². The summed E-state index contributed by atoms with van der Waals surface area (Å²) >= 11 is 0. The maximum Gasteiger partial charge on any atom is 0.119 e. The van der Waals surface area contributed by atoms with Crippen molar-refractivity contribution in [3.63, 3.8) is 0 Å².